The van der Waals surface area contributed by atoms with Gasteiger partial charge in [0.25, 0.3) is 0 Å². The van der Waals surface area contributed by atoms with Gasteiger partial charge < -0.3 is 15.4 Å². The van der Waals surface area contributed by atoms with E-state index in [0.29, 0.717) is 12.1 Å². The molecule has 0 bridgehead atoms. The Kier molecular flexibility index (Phi) is 4.37. The lowest BCUT2D eigenvalue weighted by Gasteiger charge is -2.14. The Morgan fingerprint density at radius 2 is 2.05 bits per heavy atom. The highest BCUT2D eigenvalue weighted by atomic mass is 16.4. The number of carboxylic acid groups (broad SMARTS) is 1. The molecule has 2 rings (SSSR count). The van der Waals surface area contributed by atoms with Gasteiger partial charge in [0, 0.05) is 24.2 Å². The van der Waals surface area contributed by atoms with Gasteiger partial charge in [0.2, 0.25) is 0 Å². The fraction of sp³-hybridized carbons (Fsp3) is 0.471. The third-order valence-electron chi connectivity index (χ3n) is 4.15. The van der Waals surface area contributed by atoms with Crippen LogP contribution in [0.5, 0.6) is 0 Å². The number of hydrogen-bond donors (Lipinski definition) is 2. The number of aromatic nitrogens is 1. The van der Waals surface area contributed by atoms with Gasteiger partial charge in [-0.05, 0) is 42.5 Å². The van der Waals surface area contributed by atoms with E-state index in [4.69, 9.17) is 5.73 Å². The number of nitrogens with two attached hydrogens (primary N) is 1. The number of rotatable bonds is 5. The molecule has 0 aliphatic heterocycles. The summed E-state index contributed by atoms with van der Waals surface area (Å²) >= 11 is 0. The number of hydrogen-bond acceptors (Lipinski definition) is 2. The largest absolute Gasteiger partial charge is 0.478 e. The van der Waals surface area contributed by atoms with Crippen LogP contribution in [0.15, 0.2) is 12.1 Å². The molecule has 0 unspecified atom stereocenters. The summed E-state index contributed by atoms with van der Waals surface area (Å²) in [6, 6.07) is 3.61. The van der Waals surface area contributed by atoms with Crippen LogP contribution in [0.3, 0.4) is 0 Å². The second-order valence-electron chi connectivity index (χ2n) is 5.78. The van der Waals surface area contributed by atoms with E-state index in [9.17, 15) is 9.90 Å². The molecule has 0 aliphatic carbocycles. The summed E-state index contributed by atoms with van der Waals surface area (Å²) < 4.78 is 2.25. The average molecular weight is 288 g/mol. The average Bonchev–Trinajstić information content (AvgIpc) is 2.70. The van der Waals surface area contributed by atoms with Crippen molar-refractivity contribution in [2.45, 2.75) is 46.6 Å². The summed E-state index contributed by atoms with van der Waals surface area (Å²) in [5, 5.41) is 10.4. The zero-order valence-electron chi connectivity index (χ0n) is 13.2. The van der Waals surface area contributed by atoms with E-state index in [1.807, 2.05) is 6.07 Å². The van der Waals surface area contributed by atoms with Crippen LogP contribution >= 0.6 is 0 Å². The van der Waals surface area contributed by atoms with Crippen molar-refractivity contribution in [2.24, 2.45) is 5.73 Å². The maximum atomic E-state index is 11.4. The first-order valence-electron chi connectivity index (χ1n) is 7.51. The van der Waals surface area contributed by atoms with Crippen molar-refractivity contribution in [3.05, 3.63) is 34.5 Å². The van der Waals surface area contributed by atoms with Gasteiger partial charge in [0.05, 0.1) is 11.1 Å². The third kappa shape index (κ3) is 2.56. The Labute approximate surface area is 125 Å². The molecule has 0 aliphatic rings. The minimum Gasteiger partial charge on any atom is -0.478 e. The number of aryl methyl sites for hydroxylation is 1. The highest BCUT2D eigenvalue weighted by molar-refractivity contribution is 5.97. The van der Waals surface area contributed by atoms with Crippen LogP contribution in [-0.4, -0.2) is 22.2 Å². The molecule has 1 heterocycles. The van der Waals surface area contributed by atoms with E-state index < -0.39 is 5.97 Å². The van der Waals surface area contributed by atoms with Crippen LogP contribution in [0.1, 0.15) is 53.9 Å². The fourth-order valence-corrected chi connectivity index (χ4v) is 3.13. The van der Waals surface area contributed by atoms with Gasteiger partial charge in [-0.25, -0.2) is 4.79 Å². The summed E-state index contributed by atoms with van der Waals surface area (Å²) in [7, 11) is 0. The van der Waals surface area contributed by atoms with Crippen molar-refractivity contribution in [1.29, 1.82) is 0 Å². The van der Waals surface area contributed by atoms with Gasteiger partial charge in [-0.2, -0.15) is 0 Å². The zero-order valence-corrected chi connectivity index (χ0v) is 13.2. The molecule has 4 heteroatoms. The van der Waals surface area contributed by atoms with Gasteiger partial charge in [0.1, 0.15) is 0 Å². The number of carbonyl (C=O) groups is 1. The number of benzene rings is 1. The summed E-state index contributed by atoms with van der Waals surface area (Å²) in [6.07, 6.45) is 0.889. The quantitative estimate of drug-likeness (QED) is 0.887. The van der Waals surface area contributed by atoms with E-state index in [2.05, 4.69) is 32.3 Å². The Hall–Kier alpha value is -1.81. The molecule has 0 saturated heterocycles. The highest BCUT2D eigenvalue weighted by Crippen LogP contribution is 2.33. The molecule has 0 radical (unpaired) electrons. The zero-order chi connectivity index (χ0) is 15.7. The lowest BCUT2D eigenvalue weighted by Crippen LogP contribution is -2.12. The monoisotopic (exact) mass is 288 g/mol. The minimum atomic E-state index is -0.870. The van der Waals surface area contributed by atoms with Crippen LogP contribution in [0.25, 0.3) is 10.9 Å². The molecular formula is C17H24N2O2. The van der Waals surface area contributed by atoms with Crippen LogP contribution in [0, 0.1) is 6.92 Å². The van der Waals surface area contributed by atoms with E-state index in [-0.39, 0.29) is 5.92 Å². The molecule has 0 atom stereocenters. The van der Waals surface area contributed by atoms with Gasteiger partial charge in [-0.15, -0.1) is 0 Å². The molecule has 0 amide bonds. The SMILES string of the molecule is CCc1c(C)n(CCN)c2c(C(C)C)cc(C(=O)O)cc12. The summed E-state index contributed by atoms with van der Waals surface area (Å²) in [6.45, 7) is 9.73. The maximum Gasteiger partial charge on any atom is 0.335 e. The number of nitrogens with zero attached hydrogens (tertiary/aromatic N) is 1. The Balaban J connectivity index is 2.92. The molecule has 21 heavy (non-hydrogen) atoms. The van der Waals surface area contributed by atoms with E-state index in [1.165, 1.54) is 11.3 Å². The summed E-state index contributed by atoms with van der Waals surface area (Å²) in [4.78, 5) is 11.4. The van der Waals surface area contributed by atoms with Crippen molar-refractivity contribution in [1.82, 2.24) is 4.57 Å². The third-order valence-corrected chi connectivity index (χ3v) is 4.15. The smallest absolute Gasteiger partial charge is 0.335 e. The molecule has 0 spiro atoms. The van der Waals surface area contributed by atoms with Gasteiger partial charge >= 0.3 is 5.97 Å². The lowest BCUT2D eigenvalue weighted by atomic mass is 9.96. The minimum absolute atomic E-state index is 0.266. The first-order valence-corrected chi connectivity index (χ1v) is 7.51. The van der Waals surface area contributed by atoms with Crippen molar-refractivity contribution < 1.29 is 9.90 Å². The topological polar surface area (TPSA) is 68.2 Å². The van der Waals surface area contributed by atoms with Gasteiger partial charge in [-0.3, -0.25) is 0 Å². The number of carboxylic acids is 1. The van der Waals surface area contributed by atoms with Crippen LogP contribution in [0.2, 0.25) is 0 Å². The molecule has 1 aromatic carbocycles. The van der Waals surface area contributed by atoms with Crippen LogP contribution in [-0.2, 0) is 13.0 Å². The molecule has 0 fully saturated rings. The van der Waals surface area contributed by atoms with E-state index >= 15 is 0 Å². The number of fused-ring (bicyclic) bond motifs is 1. The van der Waals surface area contributed by atoms with Gasteiger partial charge in [-0.1, -0.05) is 20.8 Å². The lowest BCUT2D eigenvalue weighted by molar-refractivity contribution is 0.0697. The highest BCUT2D eigenvalue weighted by Gasteiger charge is 2.19. The molecule has 0 saturated carbocycles. The summed E-state index contributed by atoms with van der Waals surface area (Å²) in [5.41, 5.74) is 10.8. The Morgan fingerprint density at radius 3 is 2.52 bits per heavy atom. The molecule has 3 N–H and O–H groups in total. The molecule has 114 valence electrons. The predicted molar refractivity (Wildman–Crippen MR) is 86.2 cm³/mol. The fourth-order valence-electron chi connectivity index (χ4n) is 3.13. The second-order valence-corrected chi connectivity index (χ2v) is 5.78. The van der Waals surface area contributed by atoms with Gasteiger partial charge in [0.15, 0.2) is 0 Å². The normalized spacial score (nSPS) is 11.5. The van der Waals surface area contributed by atoms with Crippen molar-refractivity contribution in [2.75, 3.05) is 6.54 Å². The van der Waals surface area contributed by atoms with Crippen LogP contribution < -0.4 is 5.73 Å². The number of aromatic carboxylic acids is 1. The van der Waals surface area contributed by atoms with Crippen molar-refractivity contribution in [3.8, 4) is 0 Å². The molecular weight excluding hydrogens is 264 g/mol. The molecule has 1 aromatic heterocycles. The Bertz CT molecular complexity index is 684. The maximum absolute atomic E-state index is 11.4. The Morgan fingerprint density at radius 1 is 1.38 bits per heavy atom. The second kappa shape index (κ2) is 5.90. The van der Waals surface area contributed by atoms with Crippen LogP contribution in [0.4, 0.5) is 0 Å². The van der Waals surface area contributed by atoms with Crippen molar-refractivity contribution in [3.63, 3.8) is 0 Å². The standard InChI is InChI=1S/C17H24N2O2/c1-5-13-11(4)19(7-6-18)16-14(10(2)3)8-12(17(20)21)9-15(13)16/h8-10H,5-7,18H2,1-4H3,(H,20,21). The first kappa shape index (κ1) is 15.6. The van der Waals surface area contributed by atoms with E-state index in [0.717, 1.165) is 29.4 Å². The predicted octanol–water partition coefficient (Wildman–Crippen LogP) is 3.29. The van der Waals surface area contributed by atoms with E-state index in [1.54, 1.807) is 6.07 Å². The molecule has 4 nitrogen and oxygen atoms in total. The molecule has 2 aromatic rings. The van der Waals surface area contributed by atoms with Crippen molar-refractivity contribution >= 4 is 16.9 Å². The summed E-state index contributed by atoms with van der Waals surface area (Å²) in [5.74, 6) is -0.604. The first-order chi connectivity index (χ1) is 9.92.